The number of hydrogen-bond donors (Lipinski definition) is 1. The van der Waals surface area contributed by atoms with Crippen LogP contribution < -0.4 is 10.1 Å². The average molecular weight is 395 g/mol. The third-order valence-electron chi connectivity index (χ3n) is 3.35. The second kappa shape index (κ2) is 7.45. The third kappa shape index (κ3) is 3.75. The molecule has 0 radical (unpaired) electrons. The van der Waals surface area contributed by atoms with E-state index in [1.165, 1.54) is 0 Å². The molecule has 21 heavy (non-hydrogen) atoms. The molecule has 1 N–H and O–H groups in total. The standard InChI is InChI=1S/C17H18INO2/c1-3-15(13-9-5-7-11-16(13)21-2)19-17(20)12-8-4-6-10-14(12)18/h4-11,15H,3H2,1-2H3,(H,19,20). The summed E-state index contributed by atoms with van der Waals surface area (Å²) < 4.78 is 6.33. The fourth-order valence-electron chi connectivity index (χ4n) is 2.24. The Bertz CT molecular complexity index is 628. The minimum absolute atomic E-state index is 0.0576. The zero-order valence-electron chi connectivity index (χ0n) is 12.1. The summed E-state index contributed by atoms with van der Waals surface area (Å²) >= 11 is 2.18. The fraction of sp³-hybridized carbons (Fsp3) is 0.235. The Morgan fingerprint density at radius 1 is 1.19 bits per heavy atom. The molecule has 0 aliphatic carbocycles. The van der Waals surface area contributed by atoms with Gasteiger partial charge in [0, 0.05) is 9.13 Å². The van der Waals surface area contributed by atoms with E-state index in [1.807, 2.05) is 55.5 Å². The predicted octanol–water partition coefficient (Wildman–Crippen LogP) is 4.18. The number of carbonyl (C=O) groups excluding carboxylic acids is 1. The number of benzene rings is 2. The highest BCUT2D eigenvalue weighted by atomic mass is 127. The molecule has 0 aliphatic heterocycles. The summed E-state index contributed by atoms with van der Waals surface area (Å²) in [4.78, 5) is 12.5. The maximum absolute atomic E-state index is 12.5. The van der Waals surface area contributed by atoms with Gasteiger partial charge in [0.25, 0.3) is 5.91 Å². The molecule has 0 aromatic heterocycles. The normalized spacial score (nSPS) is 11.8. The summed E-state index contributed by atoms with van der Waals surface area (Å²) in [6.45, 7) is 2.05. The van der Waals surface area contributed by atoms with Crippen LogP contribution in [0.15, 0.2) is 48.5 Å². The van der Waals surface area contributed by atoms with Crippen molar-refractivity contribution in [3.05, 3.63) is 63.2 Å². The van der Waals surface area contributed by atoms with E-state index in [0.717, 1.165) is 21.3 Å². The van der Waals surface area contributed by atoms with Crippen molar-refractivity contribution < 1.29 is 9.53 Å². The maximum Gasteiger partial charge on any atom is 0.252 e. The van der Waals surface area contributed by atoms with Crippen LogP contribution in [0.3, 0.4) is 0 Å². The first kappa shape index (κ1) is 15.8. The van der Waals surface area contributed by atoms with Gasteiger partial charge in [-0.1, -0.05) is 37.3 Å². The molecule has 2 rings (SSSR count). The Morgan fingerprint density at radius 3 is 2.52 bits per heavy atom. The summed E-state index contributed by atoms with van der Waals surface area (Å²) in [5.74, 6) is 0.741. The number of para-hydroxylation sites is 1. The van der Waals surface area contributed by atoms with E-state index < -0.39 is 0 Å². The van der Waals surface area contributed by atoms with Gasteiger partial charge in [-0.15, -0.1) is 0 Å². The molecule has 0 aliphatic rings. The number of rotatable bonds is 5. The lowest BCUT2D eigenvalue weighted by molar-refractivity contribution is 0.0934. The van der Waals surface area contributed by atoms with Gasteiger partial charge in [0.15, 0.2) is 0 Å². The smallest absolute Gasteiger partial charge is 0.252 e. The van der Waals surface area contributed by atoms with Crippen molar-refractivity contribution in [2.24, 2.45) is 0 Å². The van der Waals surface area contributed by atoms with Crippen LogP contribution in [0.25, 0.3) is 0 Å². The van der Waals surface area contributed by atoms with Gasteiger partial charge in [0.2, 0.25) is 0 Å². The zero-order valence-corrected chi connectivity index (χ0v) is 14.3. The molecular formula is C17H18INO2. The van der Waals surface area contributed by atoms with Crippen molar-refractivity contribution in [3.8, 4) is 5.75 Å². The van der Waals surface area contributed by atoms with Crippen LogP contribution in [0, 0.1) is 3.57 Å². The van der Waals surface area contributed by atoms with Crippen LogP contribution in [0.5, 0.6) is 5.75 Å². The highest BCUT2D eigenvalue weighted by molar-refractivity contribution is 14.1. The van der Waals surface area contributed by atoms with Gasteiger partial charge in [0.1, 0.15) is 5.75 Å². The van der Waals surface area contributed by atoms with E-state index in [1.54, 1.807) is 7.11 Å². The largest absolute Gasteiger partial charge is 0.496 e. The molecule has 4 heteroatoms. The van der Waals surface area contributed by atoms with E-state index in [0.29, 0.717) is 5.56 Å². The number of nitrogens with one attached hydrogen (secondary N) is 1. The van der Waals surface area contributed by atoms with Gasteiger partial charge < -0.3 is 10.1 Å². The van der Waals surface area contributed by atoms with Crippen molar-refractivity contribution in [2.45, 2.75) is 19.4 Å². The molecule has 1 atom stereocenters. The molecule has 1 unspecified atom stereocenters. The minimum Gasteiger partial charge on any atom is -0.496 e. The van der Waals surface area contributed by atoms with Crippen LogP contribution in [-0.4, -0.2) is 13.0 Å². The van der Waals surface area contributed by atoms with Gasteiger partial charge in [-0.2, -0.15) is 0 Å². The lowest BCUT2D eigenvalue weighted by Gasteiger charge is -2.20. The summed E-state index contributed by atoms with van der Waals surface area (Å²) in [7, 11) is 1.65. The first-order chi connectivity index (χ1) is 10.2. The Hall–Kier alpha value is -1.56. The van der Waals surface area contributed by atoms with Gasteiger partial charge in [-0.05, 0) is 47.2 Å². The second-order valence-corrected chi connectivity index (χ2v) is 5.82. The van der Waals surface area contributed by atoms with Gasteiger partial charge in [-0.3, -0.25) is 4.79 Å². The van der Waals surface area contributed by atoms with Crippen LogP contribution in [-0.2, 0) is 0 Å². The predicted molar refractivity (Wildman–Crippen MR) is 92.7 cm³/mol. The monoisotopic (exact) mass is 395 g/mol. The highest BCUT2D eigenvalue weighted by Crippen LogP contribution is 2.27. The molecule has 1 amide bonds. The second-order valence-electron chi connectivity index (χ2n) is 4.66. The summed E-state index contributed by atoms with van der Waals surface area (Å²) in [6, 6.07) is 15.3. The molecule has 110 valence electrons. The molecule has 0 heterocycles. The van der Waals surface area contributed by atoms with Crippen molar-refractivity contribution in [2.75, 3.05) is 7.11 Å². The van der Waals surface area contributed by atoms with E-state index >= 15 is 0 Å². The zero-order chi connectivity index (χ0) is 15.2. The highest BCUT2D eigenvalue weighted by Gasteiger charge is 2.18. The number of hydrogen-bond acceptors (Lipinski definition) is 2. The molecule has 3 nitrogen and oxygen atoms in total. The van der Waals surface area contributed by atoms with Crippen molar-refractivity contribution in [1.29, 1.82) is 0 Å². The van der Waals surface area contributed by atoms with E-state index in [4.69, 9.17) is 4.74 Å². The number of carbonyl (C=O) groups is 1. The van der Waals surface area contributed by atoms with Crippen molar-refractivity contribution in [1.82, 2.24) is 5.32 Å². The summed E-state index contributed by atoms with van der Waals surface area (Å²) in [6.07, 6.45) is 0.801. The molecule has 2 aromatic carbocycles. The number of amides is 1. The molecule has 0 bridgehead atoms. The molecule has 0 saturated carbocycles. The van der Waals surface area contributed by atoms with Gasteiger partial charge >= 0.3 is 0 Å². The SMILES string of the molecule is CCC(NC(=O)c1ccccc1I)c1ccccc1OC. The van der Waals surface area contributed by atoms with Crippen LogP contribution in [0.1, 0.15) is 35.3 Å². The quantitative estimate of drug-likeness (QED) is 0.772. The van der Waals surface area contributed by atoms with Crippen LogP contribution in [0.4, 0.5) is 0 Å². The van der Waals surface area contributed by atoms with Gasteiger partial charge in [0.05, 0.1) is 18.7 Å². The van der Waals surface area contributed by atoms with Gasteiger partial charge in [-0.25, -0.2) is 0 Å². The van der Waals surface area contributed by atoms with Crippen molar-refractivity contribution in [3.63, 3.8) is 0 Å². The first-order valence-corrected chi connectivity index (χ1v) is 7.93. The lowest BCUT2D eigenvalue weighted by atomic mass is 10.0. The summed E-state index contributed by atoms with van der Waals surface area (Å²) in [5.41, 5.74) is 1.70. The Kier molecular flexibility index (Phi) is 5.61. The van der Waals surface area contributed by atoms with Crippen LogP contribution in [0.2, 0.25) is 0 Å². The van der Waals surface area contributed by atoms with E-state index in [-0.39, 0.29) is 11.9 Å². The first-order valence-electron chi connectivity index (χ1n) is 6.85. The van der Waals surface area contributed by atoms with E-state index in [9.17, 15) is 4.79 Å². The molecule has 2 aromatic rings. The average Bonchev–Trinajstić information content (AvgIpc) is 2.52. The van der Waals surface area contributed by atoms with Crippen molar-refractivity contribution >= 4 is 28.5 Å². The Balaban J connectivity index is 2.23. The Labute approximate surface area is 138 Å². The summed E-state index contributed by atoms with van der Waals surface area (Å²) in [5, 5.41) is 3.09. The van der Waals surface area contributed by atoms with E-state index in [2.05, 4.69) is 27.9 Å². The molecule has 0 fully saturated rings. The topological polar surface area (TPSA) is 38.3 Å². The number of ether oxygens (including phenoxy) is 1. The molecule has 0 spiro atoms. The lowest BCUT2D eigenvalue weighted by Crippen LogP contribution is -2.29. The van der Waals surface area contributed by atoms with Crippen LogP contribution >= 0.6 is 22.6 Å². The number of halogens is 1. The minimum atomic E-state index is -0.0651. The third-order valence-corrected chi connectivity index (χ3v) is 4.29. The number of methoxy groups -OCH3 is 1. The Morgan fingerprint density at radius 2 is 1.86 bits per heavy atom. The molecule has 0 saturated heterocycles. The molecular weight excluding hydrogens is 377 g/mol. The fourth-order valence-corrected chi connectivity index (χ4v) is 2.87. The maximum atomic E-state index is 12.5.